The number of rotatable bonds is 2. The Balaban J connectivity index is 2.50. The van der Waals surface area contributed by atoms with Crippen LogP contribution in [0.5, 0.6) is 0 Å². The number of hydrogen-bond acceptors (Lipinski definition) is 1. The molecule has 1 saturated carbocycles. The minimum atomic E-state index is 0.749. The first kappa shape index (κ1) is 9.76. The molecule has 0 aliphatic heterocycles. The fraction of sp³-hybridized carbons (Fsp3) is 0.909. The lowest BCUT2D eigenvalue weighted by Crippen LogP contribution is -2.25. The van der Waals surface area contributed by atoms with Crippen molar-refractivity contribution in [1.82, 2.24) is 0 Å². The van der Waals surface area contributed by atoms with E-state index in [9.17, 15) is 0 Å². The van der Waals surface area contributed by atoms with Crippen molar-refractivity contribution >= 4 is 6.21 Å². The van der Waals surface area contributed by atoms with Crippen LogP contribution in [0.4, 0.5) is 0 Å². The molecule has 1 nitrogen and oxygen atoms in total. The van der Waals surface area contributed by atoms with E-state index in [0.29, 0.717) is 0 Å². The summed E-state index contributed by atoms with van der Waals surface area (Å²) in [6.07, 6.45) is 6.41. The van der Waals surface area contributed by atoms with Crippen LogP contribution >= 0.6 is 0 Å². The first-order valence-electron chi connectivity index (χ1n) is 5.25. The minimum absolute atomic E-state index is 0.749. The molecule has 1 aliphatic rings. The highest BCUT2D eigenvalue weighted by atomic mass is 14.7. The topological polar surface area (TPSA) is 12.4 Å². The summed E-state index contributed by atoms with van der Waals surface area (Å²) in [6, 6.07) is 0. The first-order valence-corrected chi connectivity index (χ1v) is 5.25. The Morgan fingerprint density at radius 1 is 1.25 bits per heavy atom. The quantitative estimate of drug-likeness (QED) is 0.560. The molecule has 1 heteroatoms. The predicted octanol–water partition coefficient (Wildman–Crippen LogP) is 3.15. The molecule has 0 N–H and O–H groups in total. The molecule has 2 unspecified atom stereocenters. The standard InChI is InChI=1S/C11H21N/c1-4-12-8-11-9(2)6-5-7-10(11)3/h8-11H,4-7H2,1-3H3/b12-8-. The summed E-state index contributed by atoms with van der Waals surface area (Å²) in [4.78, 5) is 4.37. The molecule has 0 spiro atoms. The van der Waals surface area contributed by atoms with Crippen molar-refractivity contribution in [3.05, 3.63) is 0 Å². The molecule has 0 radical (unpaired) electrons. The molecule has 1 rings (SSSR count). The molecule has 0 bridgehead atoms. The van der Waals surface area contributed by atoms with Gasteiger partial charge in [-0.25, -0.2) is 0 Å². The highest BCUT2D eigenvalue weighted by molar-refractivity contribution is 5.61. The minimum Gasteiger partial charge on any atom is -0.298 e. The van der Waals surface area contributed by atoms with E-state index in [1.165, 1.54) is 19.3 Å². The third-order valence-electron chi connectivity index (χ3n) is 3.09. The Labute approximate surface area is 76.3 Å². The van der Waals surface area contributed by atoms with E-state index in [1.807, 2.05) is 0 Å². The summed E-state index contributed by atoms with van der Waals surface area (Å²) in [5.41, 5.74) is 0. The average molecular weight is 167 g/mol. The molecule has 2 atom stereocenters. The van der Waals surface area contributed by atoms with Crippen LogP contribution in [0.15, 0.2) is 4.99 Å². The van der Waals surface area contributed by atoms with Gasteiger partial charge in [-0.2, -0.15) is 0 Å². The van der Waals surface area contributed by atoms with E-state index < -0.39 is 0 Å². The fourth-order valence-electron chi connectivity index (χ4n) is 2.23. The Morgan fingerprint density at radius 3 is 2.33 bits per heavy atom. The number of aliphatic imine (C=N–C) groups is 1. The smallest absolute Gasteiger partial charge is 0.0357 e. The molecule has 70 valence electrons. The lowest BCUT2D eigenvalue weighted by molar-refractivity contribution is 0.246. The summed E-state index contributed by atoms with van der Waals surface area (Å²) >= 11 is 0. The molecule has 0 aromatic heterocycles. The summed E-state index contributed by atoms with van der Waals surface area (Å²) in [6.45, 7) is 7.77. The maximum absolute atomic E-state index is 4.37. The highest BCUT2D eigenvalue weighted by Crippen LogP contribution is 2.32. The van der Waals surface area contributed by atoms with Crippen LogP contribution in [0, 0.1) is 17.8 Å². The lowest BCUT2D eigenvalue weighted by Gasteiger charge is -2.31. The van der Waals surface area contributed by atoms with Crippen molar-refractivity contribution in [2.75, 3.05) is 6.54 Å². The van der Waals surface area contributed by atoms with E-state index in [-0.39, 0.29) is 0 Å². The Hall–Kier alpha value is -0.330. The molecule has 0 amide bonds. The number of nitrogens with zero attached hydrogens (tertiary/aromatic N) is 1. The summed E-state index contributed by atoms with van der Waals surface area (Å²) in [5, 5.41) is 0. The third kappa shape index (κ3) is 2.33. The molecule has 0 heterocycles. The van der Waals surface area contributed by atoms with Gasteiger partial charge in [0.1, 0.15) is 0 Å². The molecule has 1 aliphatic carbocycles. The molecule has 12 heavy (non-hydrogen) atoms. The van der Waals surface area contributed by atoms with Crippen molar-refractivity contribution < 1.29 is 0 Å². The van der Waals surface area contributed by atoms with Crippen LogP contribution in [-0.2, 0) is 0 Å². The molecule has 0 aromatic carbocycles. The van der Waals surface area contributed by atoms with E-state index in [2.05, 4.69) is 32.0 Å². The normalized spacial score (nSPS) is 37.4. The molecule has 0 saturated heterocycles. The maximum Gasteiger partial charge on any atom is 0.0357 e. The van der Waals surface area contributed by atoms with E-state index in [0.717, 1.165) is 24.3 Å². The van der Waals surface area contributed by atoms with Crippen LogP contribution in [0.2, 0.25) is 0 Å². The Bertz CT molecular complexity index is 141. The number of hydrogen-bond donors (Lipinski definition) is 0. The zero-order valence-electron chi connectivity index (χ0n) is 8.59. The van der Waals surface area contributed by atoms with Crippen molar-refractivity contribution in [2.45, 2.75) is 40.0 Å². The van der Waals surface area contributed by atoms with Gasteiger partial charge in [-0.3, -0.25) is 4.99 Å². The van der Waals surface area contributed by atoms with Crippen LogP contribution in [-0.4, -0.2) is 12.8 Å². The highest BCUT2D eigenvalue weighted by Gasteiger charge is 2.25. The molecular weight excluding hydrogens is 146 g/mol. The van der Waals surface area contributed by atoms with Gasteiger partial charge in [-0.05, 0) is 24.7 Å². The van der Waals surface area contributed by atoms with Gasteiger partial charge in [0.05, 0.1) is 0 Å². The molecule has 1 fully saturated rings. The van der Waals surface area contributed by atoms with Crippen LogP contribution < -0.4 is 0 Å². The summed E-state index contributed by atoms with van der Waals surface area (Å²) < 4.78 is 0. The molecular formula is C11H21N. The second-order valence-corrected chi connectivity index (χ2v) is 4.11. The lowest BCUT2D eigenvalue weighted by atomic mass is 9.74. The zero-order chi connectivity index (χ0) is 8.97. The summed E-state index contributed by atoms with van der Waals surface area (Å²) in [5.74, 6) is 2.45. The van der Waals surface area contributed by atoms with Gasteiger partial charge >= 0.3 is 0 Å². The first-order chi connectivity index (χ1) is 5.75. The average Bonchev–Trinajstić information content (AvgIpc) is 2.04. The van der Waals surface area contributed by atoms with Crippen LogP contribution in [0.1, 0.15) is 40.0 Å². The van der Waals surface area contributed by atoms with Crippen molar-refractivity contribution in [3.63, 3.8) is 0 Å². The predicted molar refractivity (Wildman–Crippen MR) is 54.7 cm³/mol. The maximum atomic E-state index is 4.37. The van der Waals surface area contributed by atoms with Gasteiger partial charge in [0.25, 0.3) is 0 Å². The largest absolute Gasteiger partial charge is 0.298 e. The van der Waals surface area contributed by atoms with Gasteiger partial charge in [0, 0.05) is 12.8 Å². The van der Waals surface area contributed by atoms with Crippen molar-refractivity contribution in [3.8, 4) is 0 Å². The van der Waals surface area contributed by atoms with E-state index in [4.69, 9.17) is 0 Å². The second-order valence-electron chi connectivity index (χ2n) is 4.11. The van der Waals surface area contributed by atoms with Gasteiger partial charge in [0.15, 0.2) is 0 Å². The third-order valence-corrected chi connectivity index (χ3v) is 3.09. The zero-order valence-corrected chi connectivity index (χ0v) is 8.59. The monoisotopic (exact) mass is 167 g/mol. The van der Waals surface area contributed by atoms with Gasteiger partial charge in [0.2, 0.25) is 0 Å². The van der Waals surface area contributed by atoms with Gasteiger partial charge < -0.3 is 0 Å². The fourth-order valence-corrected chi connectivity index (χ4v) is 2.23. The Kier molecular flexibility index (Phi) is 3.77. The van der Waals surface area contributed by atoms with Crippen LogP contribution in [0.3, 0.4) is 0 Å². The van der Waals surface area contributed by atoms with Crippen LogP contribution in [0.25, 0.3) is 0 Å². The van der Waals surface area contributed by atoms with Crippen molar-refractivity contribution in [2.24, 2.45) is 22.7 Å². The Morgan fingerprint density at radius 2 is 1.83 bits per heavy atom. The SMILES string of the molecule is CC/N=C\C1C(C)CCCC1C. The molecule has 0 aromatic rings. The van der Waals surface area contributed by atoms with Gasteiger partial charge in [-0.1, -0.05) is 33.1 Å². The summed E-state index contributed by atoms with van der Waals surface area (Å²) in [7, 11) is 0. The second kappa shape index (κ2) is 4.64. The van der Waals surface area contributed by atoms with Crippen molar-refractivity contribution in [1.29, 1.82) is 0 Å². The van der Waals surface area contributed by atoms with E-state index in [1.54, 1.807) is 0 Å². The van der Waals surface area contributed by atoms with Gasteiger partial charge in [-0.15, -0.1) is 0 Å². The van der Waals surface area contributed by atoms with E-state index >= 15 is 0 Å².